The molecule has 114 valence electrons. The molecule has 0 spiro atoms. The number of primary amides is 1. The third kappa shape index (κ3) is 5.04. The lowest BCUT2D eigenvalue weighted by Crippen LogP contribution is -2.54. The molecule has 0 aromatic carbocycles. The summed E-state index contributed by atoms with van der Waals surface area (Å²) in [7, 11) is 0. The maximum Gasteiger partial charge on any atom is 0.326 e. The second-order valence-corrected chi connectivity index (χ2v) is 4.77. The lowest BCUT2D eigenvalue weighted by molar-refractivity contribution is -0.139. The van der Waals surface area contributed by atoms with Crippen molar-refractivity contribution in [3.63, 3.8) is 0 Å². The smallest absolute Gasteiger partial charge is 0.326 e. The molecule has 1 aliphatic rings. The quantitative estimate of drug-likeness (QED) is 0.582. The van der Waals surface area contributed by atoms with Gasteiger partial charge in [0.1, 0.15) is 6.04 Å². The van der Waals surface area contributed by atoms with Gasteiger partial charge in [-0.3, -0.25) is 4.79 Å². The van der Waals surface area contributed by atoms with E-state index in [2.05, 4.69) is 17.1 Å². The highest BCUT2D eigenvalue weighted by atomic mass is 16.4. The number of carboxylic acid groups (broad SMARTS) is 1. The standard InChI is InChI=1S/C12H22N4O4/c1-2-15-5-7-16(8-6-15)12(20)14-9(11(18)19)3-4-10(13)17/h9H,2-8H2,1H3,(H2,13,17)(H,14,20)(H,18,19)/t9-/m1/s1. The number of carbonyl (C=O) groups excluding carboxylic acids is 2. The Morgan fingerprint density at radius 2 is 1.85 bits per heavy atom. The van der Waals surface area contributed by atoms with Crippen molar-refractivity contribution in [2.75, 3.05) is 32.7 Å². The number of amides is 3. The molecule has 1 rings (SSSR count). The Bertz CT molecular complexity index is 366. The Kier molecular flexibility index (Phi) is 6.23. The number of hydrogen-bond acceptors (Lipinski definition) is 4. The summed E-state index contributed by atoms with van der Waals surface area (Å²) >= 11 is 0. The number of nitrogens with one attached hydrogen (secondary N) is 1. The van der Waals surface area contributed by atoms with E-state index in [1.54, 1.807) is 4.90 Å². The fourth-order valence-corrected chi connectivity index (χ4v) is 2.05. The van der Waals surface area contributed by atoms with Gasteiger partial charge in [0, 0.05) is 32.6 Å². The summed E-state index contributed by atoms with van der Waals surface area (Å²) in [4.78, 5) is 37.5. The van der Waals surface area contributed by atoms with Crippen LogP contribution in [-0.2, 0) is 9.59 Å². The molecule has 0 unspecified atom stereocenters. The summed E-state index contributed by atoms with van der Waals surface area (Å²) in [5, 5.41) is 11.5. The molecule has 0 radical (unpaired) electrons. The predicted octanol–water partition coefficient (Wildman–Crippen LogP) is -0.948. The Morgan fingerprint density at radius 3 is 2.30 bits per heavy atom. The fraction of sp³-hybridized carbons (Fsp3) is 0.750. The molecule has 3 amide bonds. The lowest BCUT2D eigenvalue weighted by atomic mass is 10.1. The lowest BCUT2D eigenvalue weighted by Gasteiger charge is -2.34. The summed E-state index contributed by atoms with van der Waals surface area (Å²) in [5.41, 5.74) is 4.98. The summed E-state index contributed by atoms with van der Waals surface area (Å²) in [5.74, 6) is -1.74. The molecule has 20 heavy (non-hydrogen) atoms. The second kappa shape index (κ2) is 7.68. The summed E-state index contributed by atoms with van der Waals surface area (Å²) in [6.07, 6.45) is -0.0633. The largest absolute Gasteiger partial charge is 0.480 e. The van der Waals surface area contributed by atoms with Gasteiger partial charge >= 0.3 is 12.0 Å². The molecule has 0 bridgehead atoms. The average molecular weight is 286 g/mol. The van der Waals surface area contributed by atoms with Crippen LogP contribution in [0.1, 0.15) is 19.8 Å². The van der Waals surface area contributed by atoms with E-state index in [-0.39, 0.29) is 12.8 Å². The van der Waals surface area contributed by atoms with Crippen LogP contribution in [0.5, 0.6) is 0 Å². The third-order valence-electron chi connectivity index (χ3n) is 3.38. The van der Waals surface area contributed by atoms with Crippen molar-refractivity contribution < 1.29 is 19.5 Å². The fourth-order valence-electron chi connectivity index (χ4n) is 2.05. The molecular weight excluding hydrogens is 264 g/mol. The monoisotopic (exact) mass is 286 g/mol. The van der Waals surface area contributed by atoms with Crippen LogP contribution in [-0.4, -0.2) is 71.6 Å². The molecule has 4 N–H and O–H groups in total. The number of nitrogens with two attached hydrogens (primary N) is 1. The van der Waals surface area contributed by atoms with E-state index in [1.165, 1.54) is 0 Å². The zero-order valence-corrected chi connectivity index (χ0v) is 11.7. The number of carboxylic acids is 1. The van der Waals surface area contributed by atoms with E-state index in [0.29, 0.717) is 13.1 Å². The Hall–Kier alpha value is -1.83. The number of likely N-dealkylation sites (N-methyl/N-ethyl adjacent to an activating group) is 1. The minimum absolute atomic E-state index is 0.00529. The number of rotatable bonds is 6. The number of nitrogens with zero attached hydrogens (tertiary/aromatic N) is 2. The molecule has 8 heteroatoms. The maximum absolute atomic E-state index is 12.0. The van der Waals surface area contributed by atoms with E-state index in [0.717, 1.165) is 19.6 Å². The number of piperazine rings is 1. The Balaban J connectivity index is 2.45. The van der Waals surface area contributed by atoms with Gasteiger partial charge in [-0.15, -0.1) is 0 Å². The van der Waals surface area contributed by atoms with Gasteiger partial charge in [-0.25, -0.2) is 9.59 Å². The second-order valence-electron chi connectivity index (χ2n) is 4.77. The summed E-state index contributed by atoms with van der Waals surface area (Å²) in [6, 6.07) is -1.49. The van der Waals surface area contributed by atoms with E-state index < -0.39 is 23.9 Å². The molecule has 1 heterocycles. The third-order valence-corrected chi connectivity index (χ3v) is 3.38. The maximum atomic E-state index is 12.0. The van der Waals surface area contributed by atoms with Gasteiger partial charge in [-0.2, -0.15) is 0 Å². The van der Waals surface area contributed by atoms with Gasteiger partial charge in [0.15, 0.2) is 0 Å². The molecule has 1 atom stereocenters. The molecular formula is C12H22N4O4. The normalized spacial score (nSPS) is 17.6. The van der Waals surface area contributed by atoms with Crippen molar-refractivity contribution in [1.82, 2.24) is 15.1 Å². The van der Waals surface area contributed by atoms with E-state index in [1.807, 2.05) is 0 Å². The van der Waals surface area contributed by atoms with Crippen molar-refractivity contribution >= 4 is 17.9 Å². The number of aliphatic carboxylic acids is 1. The predicted molar refractivity (Wildman–Crippen MR) is 72.1 cm³/mol. The van der Waals surface area contributed by atoms with Crippen LogP contribution < -0.4 is 11.1 Å². The van der Waals surface area contributed by atoms with Crippen LogP contribution >= 0.6 is 0 Å². The van der Waals surface area contributed by atoms with Gasteiger partial charge in [0.25, 0.3) is 0 Å². The van der Waals surface area contributed by atoms with Gasteiger partial charge < -0.3 is 26.0 Å². The van der Waals surface area contributed by atoms with Gasteiger partial charge in [0.05, 0.1) is 0 Å². The molecule has 0 aliphatic carbocycles. The molecule has 0 aromatic heterocycles. The van der Waals surface area contributed by atoms with Gasteiger partial charge in [-0.1, -0.05) is 6.92 Å². The minimum Gasteiger partial charge on any atom is -0.480 e. The minimum atomic E-state index is -1.16. The van der Waals surface area contributed by atoms with Crippen LogP contribution in [0.4, 0.5) is 4.79 Å². The van der Waals surface area contributed by atoms with Crippen LogP contribution in [0, 0.1) is 0 Å². The zero-order chi connectivity index (χ0) is 15.1. The molecule has 1 saturated heterocycles. The highest BCUT2D eigenvalue weighted by Gasteiger charge is 2.25. The Labute approximate surface area is 117 Å². The first-order valence-electron chi connectivity index (χ1n) is 6.73. The number of hydrogen-bond donors (Lipinski definition) is 3. The zero-order valence-electron chi connectivity index (χ0n) is 11.7. The van der Waals surface area contributed by atoms with E-state index in [9.17, 15) is 14.4 Å². The Morgan fingerprint density at radius 1 is 1.25 bits per heavy atom. The van der Waals surface area contributed by atoms with Crippen molar-refractivity contribution in [3.05, 3.63) is 0 Å². The van der Waals surface area contributed by atoms with Crippen LogP contribution in [0.25, 0.3) is 0 Å². The highest BCUT2D eigenvalue weighted by Crippen LogP contribution is 2.04. The van der Waals surface area contributed by atoms with Crippen LogP contribution in [0.2, 0.25) is 0 Å². The molecule has 1 aliphatic heterocycles. The first kappa shape index (κ1) is 16.2. The SMILES string of the molecule is CCN1CCN(C(=O)N[C@H](CCC(N)=O)C(=O)O)CC1. The molecule has 1 fully saturated rings. The summed E-state index contributed by atoms with van der Waals surface area (Å²) in [6.45, 7) is 5.70. The molecule has 8 nitrogen and oxygen atoms in total. The first-order chi connectivity index (χ1) is 9.43. The van der Waals surface area contributed by atoms with Gasteiger partial charge in [0.2, 0.25) is 5.91 Å². The van der Waals surface area contributed by atoms with E-state index in [4.69, 9.17) is 10.8 Å². The van der Waals surface area contributed by atoms with Crippen LogP contribution in [0.15, 0.2) is 0 Å². The van der Waals surface area contributed by atoms with Crippen molar-refractivity contribution in [3.8, 4) is 0 Å². The first-order valence-corrected chi connectivity index (χ1v) is 6.73. The average Bonchev–Trinajstić information content (AvgIpc) is 2.42. The highest BCUT2D eigenvalue weighted by molar-refractivity contribution is 5.83. The molecule has 0 aromatic rings. The van der Waals surface area contributed by atoms with Gasteiger partial charge in [-0.05, 0) is 13.0 Å². The number of urea groups is 1. The number of carbonyl (C=O) groups is 3. The molecule has 0 saturated carbocycles. The van der Waals surface area contributed by atoms with Crippen molar-refractivity contribution in [1.29, 1.82) is 0 Å². The van der Waals surface area contributed by atoms with Crippen LogP contribution in [0.3, 0.4) is 0 Å². The summed E-state index contributed by atoms with van der Waals surface area (Å²) < 4.78 is 0. The topological polar surface area (TPSA) is 116 Å². The van der Waals surface area contributed by atoms with Crippen molar-refractivity contribution in [2.45, 2.75) is 25.8 Å². The van der Waals surface area contributed by atoms with Crippen molar-refractivity contribution in [2.24, 2.45) is 5.73 Å². The van der Waals surface area contributed by atoms with E-state index >= 15 is 0 Å².